The van der Waals surface area contributed by atoms with Crippen LogP contribution in [0.25, 0.3) is 0 Å². The van der Waals surface area contributed by atoms with Gasteiger partial charge in [0.2, 0.25) is 0 Å². The van der Waals surface area contributed by atoms with Gasteiger partial charge in [0.05, 0.1) is 0 Å². The van der Waals surface area contributed by atoms with Crippen molar-refractivity contribution in [3.63, 3.8) is 0 Å². The average molecular weight is 220 g/mol. The summed E-state index contributed by atoms with van der Waals surface area (Å²) in [6.45, 7) is 5.81. The second kappa shape index (κ2) is 5.59. The van der Waals surface area contributed by atoms with Gasteiger partial charge in [0.1, 0.15) is 5.82 Å². The van der Waals surface area contributed by atoms with Crippen molar-refractivity contribution in [2.45, 2.75) is 33.6 Å². The quantitative estimate of drug-likeness (QED) is 0.552. The van der Waals surface area contributed by atoms with Crippen molar-refractivity contribution in [3.05, 3.63) is 46.8 Å². The normalized spacial score (nSPS) is 10.0. The Morgan fingerprint density at radius 3 is 2.44 bits per heavy atom. The molecule has 0 heterocycles. The molecule has 16 heavy (non-hydrogen) atoms. The van der Waals surface area contributed by atoms with Crippen LogP contribution < -0.4 is 0 Å². The molecule has 0 saturated carbocycles. The van der Waals surface area contributed by atoms with Gasteiger partial charge in [-0.2, -0.15) is 0 Å². The van der Waals surface area contributed by atoms with Gasteiger partial charge in [0.15, 0.2) is 5.78 Å². The molecule has 0 N–H and O–H groups in total. The molecule has 1 aromatic carbocycles. The first kappa shape index (κ1) is 12.6. The predicted molar refractivity (Wildman–Crippen MR) is 64.1 cm³/mol. The fraction of sp³-hybridized carbons (Fsp3) is 0.357. The lowest BCUT2D eigenvalue weighted by atomic mass is 10.0. The molecule has 1 rings (SSSR count). The average Bonchev–Trinajstić information content (AvgIpc) is 2.25. The Labute approximate surface area is 96.0 Å². The van der Waals surface area contributed by atoms with Crippen molar-refractivity contribution < 1.29 is 9.18 Å². The maximum Gasteiger partial charge on any atom is 0.186 e. The predicted octanol–water partition coefficient (Wildman–Crippen LogP) is 4.06. The summed E-state index contributed by atoms with van der Waals surface area (Å²) in [6, 6.07) is 4.26. The molecule has 0 unspecified atom stereocenters. The number of halogens is 1. The van der Waals surface area contributed by atoms with E-state index in [1.165, 1.54) is 12.1 Å². The third-order valence-corrected chi connectivity index (χ3v) is 2.70. The molecule has 0 aliphatic carbocycles. The van der Waals surface area contributed by atoms with Crippen molar-refractivity contribution in [1.29, 1.82) is 0 Å². The molecule has 0 bridgehead atoms. The number of aryl methyl sites for hydroxylation is 1. The number of carbonyl (C=O) groups is 1. The Hall–Kier alpha value is -1.44. The van der Waals surface area contributed by atoms with Gasteiger partial charge >= 0.3 is 0 Å². The fourth-order valence-corrected chi connectivity index (χ4v) is 1.62. The van der Waals surface area contributed by atoms with Crippen LogP contribution in [0.3, 0.4) is 0 Å². The molecule has 0 saturated heterocycles. The van der Waals surface area contributed by atoms with E-state index >= 15 is 0 Å². The zero-order valence-electron chi connectivity index (χ0n) is 10.0. The molecule has 0 spiro atoms. The number of ketones is 1. The monoisotopic (exact) mass is 220 g/mol. The molecular formula is C14H17FO. The molecule has 1 aromatic rings. The minimum Gasteiger partial charge on any atom is -0.289 e. The second-order valence-corrected chi connectivity index (χ2v) is 3.83. The summed E-state index contributed by atoms with van der Waals surface area (Å²) >= 11 is 0. The molecular weight excluding hydrogens is 203 g/mol. The molecule has 86 valence electrons. The highest BCUT2D eigenvalue weighted by atomic mass is 19.1. The van der Waals surface area contributed by atoms with E-state index in [4.69, 9.17) is 0 Å². The number of benzene rings is 1. The number of carbonyl (C=O) groups excluding carboxylic acids is 1. The van der Waals surface area contributed by atoms with Crippen molar-refractivity contribution in [1.82, 2.24) is 0 Å². The molecule has 0 aliphatic heterocycles. The van der Waals surface area contributed by atoms with Crippen molar-refractivity contribution >= 4 is 5.78 Å². The van der Waals surface area contributed by atoms with Crippen molar-refractivity contribution in [2.75, 3.05) is 0 Å². The maximum atomic E-state index is 12.9. The maximum absolute atomic E-state index is 12.9. The van der Waals surface area contributed by atoms with E-state index in [0.29, 0.717) is 11.1 Å². The molecule has 0 radical (unpaired) electrons. The van der Waals surface area contributed by atoms with Crippen LogP contribution in [0, 0.1) is 12.7 Å². The summed E-state index contributed by atoms with van der Waals surface area (Å²) in [5, 5.41) is 0. The van der Waals surface area contributed by atoms with Gasteiger partial charge in [-0.15, -0.1) is 0 Å². The van der Waals surface area contributed by atoms with E-state index in [2.05, 4.69) is 0 Å². The standard InChI is InChI=1S/C14H17FO/c1-4-11(5-2)9-14(16)13-7-6-12(15)8-10(13)3/h6-9H,4-5H2,1-3H3. The minimum absolute atomic E-state index is 0.0313. The van der Waals surface area contributed by atoms with Gasteiger partial charge in [-0.3, -0.25) is 4.79 Å². The Bertz CT molecular complexity index is 413. The lowest BCUT2D eigenvalue weighted by Crippen LogP contribution is -2.00. The highest BCUT2D eigenvalue weighted by Crippen LogP contribution is 2.14. The van der Waals surface area contributed by atoms with Crippen molar-refractivity contribution in [3.8, 4) is 0 Å². The third-order valence-electron chi connectivity index (χ3n) is 2.70. The van der Waals surface area contributed by atoms with Crippen LogP contribution >= 0.6 is 0 Å². The zero-order chi connectivity index (χ0) is 12.1. The van der Waals surface area contributed by atoms with E-state index in [1.807, 2.05) is 13.8 Å². The van der Waals surface area contributed by atoms with E-state index < -0.39 is 0 Å². The zero-order valence-corrected chi connectivity index (χ0v) is 10.0. The largest absolute Gasteiger partial charge is 0.289 e. The van der Waals surface area contributed by atoms with Gasteiger partial charge < -0.3 is 0 Å². The van der Waals surface area contributed by atoms with E-state index in [-0.39, 0.29) is 11.6 Å². The molecule has 0 aromatic heterocycles. The Morgan fingerprint density at radius 2 is 1.94 bits per heavy atom. The molecule has 2 heteroatoms. The lowest BCUT2D eigenvalue weighted by Gasteiger charge is -2.03. The Balaban J connectivity index is 3.01. The fourth-order valence-electron chi connectivity index (χ4n) is 1.62. The molecule has 0 amide bonds. The number of rotatable bonds is 4. The van der Waals surface area contributed by atoms with Gasteiger partial charge in [-0.05, 0) is 49.6 Å². The van der Waals surface area contributed by atoms with Crippen LogP contribution in [0.5, 0.6) is 0 Å². The van der Waals surface area contributed by atoms with Gasteiger partial charge in [-0.1, -0.05) is 19.4 Å². The van der Waals surface area contributed by atoms with E-state index in [9.17, 15) is 9.18 Å². The number of allylic oxidation sites excluding steroid dienone is 2. The first-order valence-corrected chi connectivity index (χ1v) is 5.58. The smallest absolute Gasteiger partial charge is 0.186 e. The summed E-state index contributed by atoms with van der Waals surface area (Å²) in [7, 11) is 0. The Kier molecular flexibility index (Phi) is 4.41. The van der Waals surface area contributed by atoms with Crippen LogP contribution in [0.2, 0.25) is 0 Å². The first-order valence-electron chi connectivity index (χ1n) is 5.58. The highest BCUT2D eigenvalue weighted by Gasteiger charge is 2.07. The topological polar surface area (TPSA) is 17.1 Å². The van der Waals surface area contributed by atoms with Crippen LogP contribution in [0.1, 0.15) is 42.6 Å². The summed E-state index contributed by atoms with van der Waals surface area (Å²) in [6.07, 6.45) is 3.42. The van der Waals surface area contributed by atoms with Crippen LogP contribution in [-0.4, -0.2) is 5.78 Å². The molecule has 0 aliphatic rings. The van der Waals surface area contributed by atoms with E-state index in [1.54, 1.807) is 19.1 Å². The van der Waals surface area contributed by atoms with Crippen LogP contribution in [-0.2, 0) is 0 Å². The molecule has 1 nitrogen and oxygen atoms in total. The van der Waals surface area contributed by atoms with Crippen LogP contribution in [0.4, 0.5) is 4.39 Å². The second-order valence-electron chi connectivity index (χ2n) is 3.83. The minimum atomic E-state index is -0.302. The van der Waals surface area contributed by atoms with E-state index in [0.717, 1.165) is 18.4 Å². The molecule has 0 atom stereocenters. The summed E-state index contributed by atoms with van der Waals surface area (Å²) in [4.78, 5) is 11.9. The number of hydrogen-bond acceptors (Lipinski definition) is 1. The third kappa shape index (κ3) is 3.02. The summed E-state index contributed by atoms with van der Waals surface area (Å²) in [5.74, 6) is -0.333. The van der Waals surface area contributed by atoms with Crippen molar-refractivity contribution in [2.24, 2.45) is 0 Å². The summed E-state index contributed by atoms with van der Waals surface area (Å²) in [5.41, 5.74) is 2.39. The van der Waals surface area contributed by atoms with Gasteiger partial charge in [0.25, 0.3) is 0 Å². The van der Waals surface area contributed by atoms with Gasteiger partial charge in [-0.25, -0.2) is 4.39 Å². The number of hydrogen-bond donors (Lipinski definition) is 0. The molecule has 0 fully saturated rings. The summed E-state index contributed by atoms with van der Waals surface area (Å²) < 4.78 is 12.9. The SMILES string of the molecule is CCC(=CC(=O)c1ccc(F)cc1C)CC. The van der Waals surface area contributed by atoms with Gasteiger partial charge in [0, 0.05) is 5.56 Å². The van der Waals surface area contributed by atoms with Crippen LogP contribution in [0.15, 0.2) is 29.8 Å². The Morgan fingerprint density at radius 1 is 1.31 bits per heavy atom. The first-order chi connectivity index (χ1) is 7.58. The highest BCUT2D eigenvalue weighted by molar-refractivity contribution is 6.05. The lowest BCUT2D eigenvalue weighted by molar-refractivity contribution is 0.104.